The van der Waals surface area contributed by atoms with Crippen LogP contribution in [0.1, 0.15) is 29.9 Å². The maximum atomic E-state index is 12.3. The molecule has 1 amide bonds. The monoisotopic (exact) mass is 327 g/mol. The molecular formula is C19H25N3O2. The summed E-state index contributed by atoms with van der Waals surface area (Å²) in [4.78, 5) is 18.7. The van der Waals surface area contributed by atoms with Crippen molar-refractivity contribution in [2.75, 3.05) is 31.6 Å². The molecule has 0 aliphatic carbocycles. The molecule has 1 aromatic heterocycles. The van der Waals surface area contributed by atoms with Crippen LogP contribution in [0.2, 0.25) is 0 Å². The average molecular weight is 327 g/mol. The van der Waals surface area contributed by atoms with Crippen molar-refractivity contribution in [2.45, 2.75) is 20.3 Å². The highest BCUT2D eigenvalue weighted by molar-refractivity contribution is 5.93. The van der Waals surface area contributed by atoms with Crippen LogP contribution in [-0.2, 0) is 6.42 Å². The molecule has 0 unspecified atom stereocenters. The van der Waals surface area contributed by atoms with Gasteiger partial charge in [0.2, 0.25) is 0 Å². The van der Waals surface area contributed by atoms with Crippen molar-refractivity contribution in [3.05, 3.63) is 53.9 Å². The van der Waals surface area contributed by atoms with E-state index < -0.39 is 0 Å². The summed E-state index contributed by atoms with van der Waals surface area (Å²) in [6.45, 7) is 6.55. The summed E-state index contributed by atoms with van der Waals surface area (Å²) < 4.78 is 5.21. The number of carbonyl (C=O) groups is 1. The second kappa shape index (κ2) is 8.91. The lowest BCUT2D eigenvalue weighted by atomic mass is 10.1. The molecule has 1 heterocycles. The largest absolute Gasteiger partial charge is 0.497 e. The highest BCUT2D eigenvalue weighted by Gasteiger charge is 2.10. The molecule has 0 radical (unpaired) electrons. The number of hydrogen-bond donors (Lipinski definition) is 1. The predicted octanol–water partition coefficient (Wildman–Crippen LogP) is 2.91. The number of hydrogen-bond acceptors (Lipinski definition) is 4. The lowest BCUT2D eigenvalue weighted by molar-refractivity contribution is 0.0949. The third kappa shape index (κ3) is 4.72. The van der Waals surface area contributed by atoms with E-state index in [2.05, 4.69) is 29.0 Å². The highest BCUT2D eigenvalue weighted by Crippen LogP contribution is 2.14. The number of rotatable bonds is 8. The number of amides is 1. The van der Waals surface area contributed by atoms with Crippen molar-refractivity contribution < 1.29 is 9.53 Å². The minimum absolute atomic E-state index is 0.146. The fraction of sp³-hybridized carbons (Fsp3) is 0.368. The van der Waals surface area contributed by atoms with E-state index in [4.69, 9.17) is 4.74 Å². The van der Waals surface area contributed by atoms with Gasteiger partial charge >= 0.3 is 0 Å². The van der Waals surface area contributed by atoms with E-state index in [-0.39, 0.29) is 5.91 Å². The fourth-order valence-corrected chi connectivity index (χ4v) is 2.57. The van der Waals surface area contributed by atoms with Crippen LogP contribution >= 0.6 is 0 Å². The predicted molar refractivity (Wildman–Crippen MR) is 96.8 cm³/mol. The Bertz CT molecular complexity index is 669. The number of pyridine rings is 1. The first-order chi connectivity index (χ1) is 11.7. The van der Waals surface area contributed by atoms with Crippen LogP contribution in [0.15, 0.2) is 42.6 Å². The van der Waals surface area contributed by atoms with Gasteiger partial charge in [-0.3, -0.25) is 9.78 Å². The van der Waals surface area contributed by atoms with Crippen molar-refractivity contribution >= 4 is 11.6 Å². The van der Waals surface area contributed by atoms with Gasteiger partial charge in [-0.1, -0.05) is 12.1 Å². The van der Waals surface area contributed by atoms with Gasteiger partial charge < -0.3 is 15.0 Å². The summed E-state index contributed by atoms with van der Waals surface area (Å²) in [5.41, 5.74) is 2.59. The summed E-state index contributed by atoms with van der Waals surface area (Å²) in [5, 5.41) is 2.93. The van der Waals surface area contributed by atoms with Gasteiger partial charge in [-0.15, -0.1) is 0 Å². The molecule has 0 saturated carbocycles. The first-order valence-electron chi connectivity index (χ1n) is 8.30. The number of ether oxygens (including phenoxy) is 1. The van der Waals surface area contributed by atoms with Crippen LogP contribution in [0.4, 0.5) is 5.69 Å². The third-order valence-electron chi connectivity index (χ3n) is 3.94. The summed E-state index contributed by atoms with van der Waals surface area (Å²) >= 11 is 0. The van der Waals surface area contributed by atoms with Gasteiger partial charge in [-0.25, -0.2) is 0 Å². The zero-order valence-electron chi connectivity index (χ0n) is 14.6. The molecule has 0 spiro atoms. The number of carbonyl (C=O) groups excluding carboxylic acids is 1. The van der Waals surface area contributed by atoms with Gasteiger partial charge in [-0.05, 0) is 50.1 Å². The molecule has 5 nitrogen and oxygen atoms in total. The van der Waals surface area contributed by atoms with E-state index in [1.54, 1.807) is 13.3 Å². The molecule has 0 bridgehead atoms. The summed E-state index contributed by atoms with van der Waals surface area (Å²) in [6, 6.07) is 11.6. The van der Waals surface area contributed by atoms with E-state index in [0.717, 1.165) is 36.5 Å². The number of nitrogens with zero attached hydrogens (tertiary/aromatic N) is 2. The maximum absolute atomic E-state index is 12.3. The Hall–Kier alpha value is -2.56. The molecule has 0 atom stereocenters. The zero-order valence-corrected chi connectivity index (χ0v) is 14.6. The quantitative estimate of drug-likeness (QED) is 0.810. The fourth-order valence-electron chi connectivity index (χ4n) is 2.57. The Labute approximate surface area is 143 Å². The van der Waals surface area contributed by atoms with Crippen molar-refractivity contribution in [2.24, 2.45) is 0 Å². The molecule has 5 heteroatoms. The Balaban J connectivity index is 1.93. The van der Waals surface area contributed by atoms with Crippen molar-refractivity contribution in [3.63, 3.8) is 0 Å². The number of methoxy groups -OCH3 is 1. The van der Waals surface area contributed by atoms with Crippen LogP contribution in [0.3, 0.4) is 0 Å². The summed E-state index contributed by atoms with van der Waals surface area (Å²) in [7, 11) is 1.65. The average Bonchev–Trinajstić information content (AvgIpc) is 2.63. The van der Waals surface area contributed by atoms with Gasteiger partial charge in [0.15, 0.2) is 0 Å². The topological polar surface area (TPSA) is 54.5 Å². The minimum Gasteiger partial charge on any atom is -0.497 e. The molecule has 1 aromatic carbocycles. The Morgan fingerprint density at radius 1 is 1.21 bits per heavy atom. The second-order valence-corrected chi connectivity index (χ2v) is 5.43. The lowest BCUT2D eigenvalue weighted by Crippen LogP contribution is -2.27. The van der Waals surface area contributed by atoms with Gasteiger partial charge in [0, 0.05) is 31.5 Å². The molecule has 0 aliphatic rings. The van der Waals surface area contributed by atoms with E-state index >= 15 is 0 Å². The smallest absolute Gasteiger partial charge is 0.269 e. The Morgan fingerprint density at radius 2 is 2.00 bits per heavy atom. The number of aromatic nitrogens is 1. The van der Waals surface area contributed by atoms with Crippen LogP contribution in [0.5, 0.6) is 5.75 Å². The number of nitrogens with one attached hydrogen (secondary N) is 1. The standard InChI is InChI=1S/C19H25N3O2/c1-4-22(5-2)16-10-12-20-18(14-16)19(23)21-11-9-15-7-6-8-17(13-15)24-3/h6-8,10,12-14H,4-5,9,11H2,1-3H3,(H,21,23). The molecule has 1 N–H and O–H groups in total. The molecular weight excluding hydrogens is 302 g/mol. The molecule has 0 fully saturated rings. The highest BCUT2D eigenvalue weighted by atomic mass is 16.5. The first-order valence-corrected chi connectivity index (χ1v) is 8.30. The maximum Gasteiger partial charge on any atom is 0.269 e. The third-order valence-corrected chi connectivity index (χ3v) is 3.94. The van der Waals surface area contributed by atoms with Gasteiger partial charge in [0.1, 0.15) is 11.4 Å². The number of benzene rings is 1. The van der Waals surface area contributed by atoms with Crippen molar-refractivity contribution in [1.82, 2.24) is 10.3 Å². The first kappa shape index (κ1) is 17.8. The Kier molecular flexibility index (Phi) is 6.61. The molecule has 0 saturated heterocycles. The number of anilines is 1. The SMILES string of the molecule is CCN(CC)c1ccnc(C(=O)NCCc2cccc(OC)c2)c1. The van der Waals surface area contributed by atoms with Gasteiger partial charge in [0.05, 0.1) is 7.11 Å². The molecule has 128 valence electrons. The summed E-state index contributed by atoms with van der Waals surface area (Å²) in [5.74, 6) is 0.680. The second-order valence-electron chi connectivity index (χ2n) is 5.43. The van der Waals surface area contributed by atoms with E-state index in [9.17, 15) is 4.79 Å². The van der Waals surface area contributed by atoms with Crippen molar-refractivity contribution in [3.8, 4) is 5.75 Å². The molecule has 0 aliphatic heterocycles. The Morgan fingerprint density at radius 3 is 2.71 bits per heavy atom. The zero-order chi connectivity index (χ0) is 17.4. The van der Waals surface area contributed by atoms with Crippen molar-refractivity contribution in [1.29, 1.82) is 0 Å². The molecule has 24 heavy (non-hydrogen) atoms. The van der Waals surface area contributed by atoms with Gasteiger partial charge in [-0.2, -0.15) is 0 Å². The van der Waals surface area contributed by atoms with Crippen LogP contribution in [-0.4, -0.2) is 37.6 Å². The van der Waals surface area contributed by atoms with Gasteiger partial charge in [0.25, 0.3) is 5.91 Å². The lowest BCUT2D eigenvalue weighted by Gasteiger charge is -2.21. The minimum atomic E-state index is -0.146. The van der Waals surface area contributed by atoms with E-state index in [1.165, 1.54) is 0 Å². The molecule has 2 aromatic rings. The van der Waals surface area contributed by atoms with Crippen LogP contribution in [0, 0.1) is 0 Å². The van der Waals surface area contributed by atoms with Crippen LogP contribution in [0.25, 0.3) is 0 Å². The van der Waals surface area contributed by atoms with E-state index in [0.29, 0.717) is 12.2 Å². The normalized spacial score (nSPS) is 10.3. The van der Waals surface area contributed by atoms with E-state index in [1.807, 2.05) is 36.4 Å². The summed E-state index contributed by atoms with van der Waals surface area (Å²) in [6.07, 6.45) is 2.43. The van der Waals surface area contributed by atoms with Crippen LogP contribution < -0.4 is 15.0 Å². The molecule has 2 rings (SSSR count).